The lowest BCUT2D eigenvalue weighted by molar-refractivity contribution is -0.402. The van der Waals surface area contributed by atoms with Crippen LogP contribution in [0.25, 0.3) is 0 Å². The number of nitro groups is 1. The molecule has 1 fully saturated rings. The average Bonchev–Trinajstić information content (AvgIpc) is 2.68. The first-order valence-corrected chi connectivity index (χ1v) is 5.19. The van der Waals surface area contributed by atoms with Gasteiger partial charge in [0.2, 0.25) is 0 Å². The van der Waals surface area contributed by atoms with Crippen LogP contribution in [-0.2, 0) is 6.42 Å². The number of nitrogens with one attached hydrogen (secondary N) is 1. The van der Waals surface area contributed by atoms with E-state index in [4.69, 9.17) is 4.42 Å². The largest absolute Gasteiger partial charge is 0.433 e. The van der Waals surface area contributed by atoms with Crippen molar-refractivity contribution in [1.82, 2.24) is 5.32 Å². The Hall–Kier alpha value is -1.36. The molecule has 1 N–H and O–H groups in total. The number of nitrogens with zero attached hydrogens (tertiary/aromatic N) is 1. The molecule has 0 spiro atoms. The monoisotopic (exact) mass is 210 g/mol. The van der Waals surface area contributed by atoms with Gasteiger partial charge in [-0.2, -0.15) is 0 Å². The molecule has 2 rings (SSSR count). The molecule has 1 aliphatic rings. The van der Waals surface area contributed by atoms with Gasteiger partial charge in [0.25, 0.3) is 0 Å². The van der Waals surface area contributed by atoms with Gasteiger partial charge >= 0.3 is 5.88 Å². The lowest BCUT2D eigenvalue weighted by Crippen LogP contribution is -2.30. The molecule has 1 saturated heterocycles. The molecule has 0 bridgehead atoms. The van der Waals surface area contributed by atoms with Crippen molar-refractivity contribution in [1.29, 1.82) is 0 Å². The van der Waals surface area contributed by atoms with Crippen LogP contribution in [0.4, 0.5) is 5.88 Å². The first-order chi connectivity index (χ1) is 7.25. The zero-order valence-electron chi connectivity index (χ0n) is 8.44. The minimum atomic E-state index is -0.497. The van der Waals surface area contributed by atoms with E-state index in [1.807, 2.05) is 0 Å². The maximum absolute atomic E-state index is 10.4. The molecule has 0 amide bonds. The molecule has 5 nitrogen and oxygen atoms in total. The van der Waals surface area contributed by atoms with Crippen LogP contribution in [0, 0.1) is 16.0 Å². The molecule has 1 aromatic heterocycles. The van der Waals surface area contributed by atoms with Gasteiger partial charge in [0.05, 0.1) is 6.07 Å². The lowest BCUT2D eigenvalue weighted by atomic mass is 9.95. The van der Waals surface area contributed by atoms with E-state index in [0.717, 1.165) is 25.3 Å². The molecule has 82 valence electrons. The normalized spacial score (nSPS) is 21.5. The first kappa shape index (κ1) is 10.2. The minimum absolute atomic E-state index is 0.159. The van der Waals surface area contributed by atoms with E-state index in [9.17, 15) is 10.1 Å². The van der Waals surface area contributed by atoms with Crippen molar-refractivity contribution >= 4 is 5.88 Å². The minimum Gasteiger partial charge on any atom is -0.406 e. The fraction of sp³-hybridized carbons (Fsp3) is 0.600. The Kier molecular flexibility index (Phi) is 3.01. The molecule has 1 aromatic rings. The van der Waals surface area contributed by atoms with Crippen LogP contribution in [0.1, 0.15) is 18.6 Å². The fourth-order valence-corrected chi connectivity index (χ4v) is 1.96. The third kappa shape index (κ3) is 2.56. The standard InChI is InChI=1S/C10H14N2O3/c13-12(14)10-4-3-9(15-10)6-8-2-1-5-11-7-8/h3-4,8,11H,1-2,5-7H2. The summed E-state index contributed by atoms with van der Waals surface area (Å²) in [6.45, 7) is 2.06. The molecule has 0 radical (unpaired) electrons. The topological polar surface area (TPSA) is 68.3 Å². The smallest absolute Gasteiger partial charge is 0.406 e. The summed E-state index contributed by atoms with van der Waals surface area (Å²) in [7, 11) is 0. The van der Waals surface area contributed by atoms with Crippen molar-refractivity contribution in [3.63, 3.8) is 0 Å². The summed E-state index contributed by atoms with van der Waals surface area (Å²) >= 11 is 0. The molecule has 1 unspecified atom stereocenters. The summed E-state index contributed by atoms with van der Waals surface area (Å²) in [5.74, 6) is 1.11. The Morgan fingerprint density at radius 2 is 2.47 bits per heavy atom. The highest BCUT2D eigenvalue weighted by atomic mass is 16.6. The molecular weight excluding hydrogens is 196 g/mol. The second-order valence-corrected chi connectivity index (χ2v) is 3.91. The van der Waals surface area contributed by atoms with E-state index in [2.05, 4.69) is 5.32 Å². The predicted octanol–water partition coefficient (Wildman–Crippen LogP) is 1.73. The Morgan fingerprint density at radius 3 is 3.07 bits per heavy atom. The molecule has 1 atom stereocenters. The molecule has 0 aromatic carbocycles. The third-order valence-electron chi connectivity index (χ3n) is 2.72. The van der Waals surface area contributed by atoms with Crippen LogP contribution in [-0.4, -0.2) is 18.0 Å². The Bertz CT molecular complexity index is 342. The Balaban J connectivity index is 1.94. The first-order valence-electron chi connectivity index (χ1n) is 5.19. The van der Waals surface area contributed by atoms with Crippen molar-refractivity contribution in [3.05, 3.63) is 28.0 Å². The second-order valence-electron chi connectivity index (χ2n) is 3.91. The number of furan rings is 1. The van der Waals surface area contributed by atoms with Crippen LogP contribution >= 0.6 is 0 Å². The van der Waals surface area contributed by atoms with Gasteiger partial charge in [-0.25, -0.2) is 0 Å². The summed E-state index contributed by atoms with van der Waals surface area (Å²) in [6, 6.07) is 3.12. The number of hydrogen-bond acceptors (Lipinski definition) is 4. The lowest BCUT2D eigenvalue weighted by Gasteiger charge is -2.21. The van der Waals surface area contributed by atoms with Crippen LogP contribution in [0.2, 0.25) is 0 Å². The number of rotatable bonds is 3. The van der Waals surface area contributed by atoms with Gasteiger partial charge in [-0.15, -0.1) is 0 Å². The van der Waals surface area contributed by atoms with E-state index in [1.165, 1.54) is 18.9 Å². The fourth-order valence-electron chi connectivity index (χ4n) is 1.96. The predicted molar refractivity (Wildman–Crippen MR) is 54.7 cm³/mol. The van der Waals surface area contributed by atoms with E-state index < -0.39 is 4.92 Å². The van der Waals surface area contributed by atoms with Crippen molar-refractivity contribution in [2.75, 3.05) is 13.1 Å². The van der Waals surface area contributed by atoms with E-state index >= 15 is 0 Å². The van der Waals surface area contributed by atoms with Gasteiger partial charge in [-0.3, -0.25) is 10.1 Å². The highest BCUT2D eigenvalue weighted by Gasteiger charge is 2.17. The Labute approximate surface area is 87.6 Å². The molecule has 0 saturated carbocycles. The Morgan fingerprint density at radius 1 is 1.60 bits per heavy atom. The van der Waals surface area contributed by atoms with Crippen molar-refractivity contribution in [3.8, 4) is 0 Å². The maximum atomic E-state index is 10.4. The molecule has 5 heteroatoms. The van der Waals surface area contributed by atoms with Crippen molar-refractivity contribution in [2.45, 2.75) is 19.3 Å². The maximum Gasteiger partial charge on any atom is 0.433 e. The summed E-state index contributed by atoms with van der Waals surface area (Å²) in [5.41, 5.74) is 0. The van der Waals surface area contributed by atoms with Gasteiger partial charge in [-0.1, -0.05) is 0 Å². The van der Waals surface area contributed by atoms with Crippen LogP contribution in [0.15, 0.2) is 16.5 Å². The zero-order valence-corrected chi connectivity index (χ0v) is 8.44. The second kappa shape index (κ2) is 4.44. The molecular formula is C10H14N2O3. The molecule has 1 aliphatic heterocycles. The molecule has 0 aliphatic carbocycles. The molecule has 2 heterocycles. The van der Waals surface area contributed by atoms with E-state index in [-0.39, 0.29) is 5.88 Å². The zero-order chi connectivity index (χ0) is 10.7. The third-order valence-corrected chi connectivity index (χ3v) is 2.72. The number of piperidine rings is 1. The quantitative estimate of drug-likeness (QED) is 0.609. The van der Waals surface area contributed by atoms with E-state index in [0.29, 0.717) is 5.92 Å². The summed E-state index contributed by atoms with van der Waals surface area (Å²) < 4.78 is 5.12. The van der Waals surface area contributed by atoms with Gasteiger partial charge in [0, 0.05) is 6.42 Å². The highest BCUT2D eigenvalue weighted by molar-refractivity contribution is 5.18. The van der Waals surface area contributed by atoms with Crippen molar-refractivity contribution < 1.29 is 9.34 Å². The van der Waals surface area contributed by atoms with Crippen LogP contribution in [0.5, 0.6) is 0 Å². The summed E-state index contributed by atoms with van der Waals surface area (Å²) in [6.07, 6.45) is 3.13. The molecule has 15 heavy (non-hydrogen) atoms. The summed E-state index contributed by atoms with van der Waals surface area (Å²) in [4.78, 5) is 9.91. The van der Waals surface area contributed by atoms with Gasteiger partial charge in [-0.05, 0) is 37.9 Å². The van der Waals surface area contributed by atoms with Crippen molar-refractivity contribution in [2.24, 2.45) is 5.92 Å². The SMILES string of the molecule is O=[N+]([O-])c1ccc(CC2CCCNC2)o1. The van der Waals surface area contributed by atoms with Gasteiger partial charge in [0.15, 0.2) is 0 Å². The average molecular weight is 210 g/mol. The highest BCUT2D eigenvalue weighted by Crippen LogP contribution is 2.21. The van der Waals surface area contributed by atoms with Crippen LogP contribution < -0.4 is 5.32 Å². The van der Waals surface area contributed by atoms with Gasteiger partial charge in [0.1, 0.15) is 10.7 Å². The van der Waals surface area contributed by atoms with E-state index in [1.54, 1.807) is 6.07 Å². The number of hydrogen-bond donors (Lipinski definition) is 1. The summed E-state index contributed by atoms with van der Waals surface area (Å²) in [5, 5.41) is 13.7. The van der Waals surface area contributed by atoms with Crippen LogP contribution in [0.3, 0.4) is 0 Å². The van der Waals surface area contributed by atoms with Gasteiger partial charge < -0.3 is 9.73 Å².